The SMILES string of the molecule is COC(=O)c1ccc(S(=O)(=O)NC2CNC[C@@H]2OC)cc1. The van der Waals surface area contributed by atoms with E-state index in [9.17, 15) is 13.2 Å². The summed E-state index contributed by atoms with van der Waals surface area (Å²) in [6.07, 6.45) is -0.200. The van der Waals surface area contributed by atoms with Crippen molar-refractivity contribution in [3.8, 4) is 0 Å². The highest BCUT2D eigenvalue weighted by atomic mass is 32.2. The van der Waals surface area contributed by atoms with Gasteiger partial charge in [-0.3, -0.25) is 0 Å². The van der Waals surface area contributed by atoms with Crippen LogP contribution >= 0.6 is 0 Å². The average molecular weight is 314 g/mol. The minimum atomic E-state index is -3.66. The largest absolute Gasteiger partial charge is 0.465 e. The molecule has 1 aromatic carbocycles. The van der Waals surface area contributed by atoms with Crippen molar-refractivity contribution in [1.29, 1.82) is 0 Å². The number of methoxy groups -OCH3 is 2. The third-order valence-electron chi connectivity index (χ3n) is 3.35. The quantitative estimate of drug-likeness (QED) is 0.727. The number of carbonyl (C=O) groups is 1. The van der Waals surface area contributed by atoms with Crippen LogP contribution < -0.4 is 10.0 Å². The van der Waals surface area contributed by atoms with Gasteiger partial charge in [0.05, 0.1) is 29.7 Å². The molecule has 0 saturated carbocycles. The first-order valence-electron chi connectivity index (χ1n) is 6.42. The Bertz CT molecular complexity index is 599. The summed E-state index contributed by atoms with van der Waals surface area (Å²) in [4.78, 5) is 11.4. The van der Waals surface area contributed by atoms with Gasteiger partial charge in [-0.05, 0) is 24.3 Å². The van der Waals surface area contributed by atoms with Crippen molar-refractivity contribution in [3.63, 3.8) is 0 Å². The van der Waals surface area contributed by atoms with Crippen LogP contribution in [0.25, 0.3) is 0 Å². The molecule has 0 aromatic heterocycles. The Kier molecular flexibility index (Phi) is 4.94. The minimum Gasteiger partial charge on any atom is -0.465 e. The average Bonchev–Trinajstić information content (AvgIpc) is 2.93. The van der Waals surface area contributed by atoms with Crippen LogP contribution in [0.3, 0.4) is 0 Å². The van der Waals surface area contributed by atoms with Crippen molar-refractivity contribution in [2.75, 3.05) is 27.3 Å². The summed E-state index contributed by atoms with van der Waals surface area (Å²) in [5.41, 5.74) is 0.300. The van der Waals surface area contributed by atoms with E-state index in [-0.39, 0.29) is 17.0 Å². The molecule has 2 N–H and O–H groups in total. The molecule has 1 fully saturated rings. The van der Waals surface area contributed by atoms with E-state index in [2.05, 4.69) is 14.8 Å². The Morgan fingerprint density at radius 3 is 2.48 bits per heavy atom. The molecule has 1 aromatic rings. The second kappa shape index (κ2) is 6.52. The van der Waals surface area contributed by atoms with E-state index in [1.807, 2.05) is 0 Å². The zero-order chi connectivity index (χ0) is 15.5. The van der Waals surface area contributed by atoms with Gasteiger partial charge in [-0.15, -0.1) is 0 Å². The summed E-state index contributed by atoms with van der Waals surface area (Å²) < 4.78 is 37.0. The maximum absolute atomic E-state index is 12.3. The molecule has 1 aliphatic heterocycles. The molecule has 7 nitrogen and oxygen atoms in total. The highest BCUT2D eigenvalue weighted by Crippen LogP contribution is 2.14. The summed E-state index contributed by atoms with van der Waals surface area (Å²) in [6.45, 7) is 1.11. The maximum Gasteiger partial charge on any atom is 0.337 e. The Labute approximate surface area is 123 Å². The van der Waals surface area contributed by atoms with Crippen LogP contribution in [-0.2, 0) is 19.5 Å². The molecule has 2 rings (SSSR count). The molecule has 0 amide bonds. The predicted octanol–water partition coefficient (Wildman–Crippen LogP) is -0.262. The molecule has 1 heterocycles. The molecule has 116 valence electrons. The molecule has 0 aliphatic carbocycles. The number of nitrogens with one attached hydrogen (secondary N) is 2. The van der Waals surface area contributed by atoms with Crippen molar-refractivity contribution < 1.29 is 22.7 Å². The van der Waals surface area contributed by atoms with Gasteiger partial charge in [-0.25, -0.2) is 17.9 Å². The molecular weight excluding hydrogens is 296 g/mol. The van der Waals surface area contributed by atoms with Crippen LogP contribution in [0.2, 0.25) is 0 Å². The lowest BCUT2D eigenvalue weighted by Gasteiger charge is -2.18. The predicted molar refractivity (Wildman–Crippen MR) is 75.6 cm³/mol. The highest BCUT2D eigenvalue weighted by molar-refractivity contribution is 7.89. The number of ether oxygens (including phenoxy) is 2. The molecule has 1 saturated heterocycles. The van der Waals surface area contributed by atoms with Crippen molar-refractivity contribution in [1.82, 2.24) is 10.0 Å². The van der Waals surface area contributed by atoms with Crippen LogP contribution in [0.4, 0.5) is 0 Å². The number of esters is 1. The van der Waals surface area contributed by atoms with Crippen LogP contribution in [-0.4, -0.2) is 53.8 Å². The number of rotatable bonds is 5. The molecule has 21 heavy (non-hydrogen) atoms. The van der Waals surface area contributed by atoms with E-state index in [1.165, 1.54) is 31.4 Å². The number of hydrogen-bond acceptors (Lipinski definition) is 6. The molecule has 0 radical (unpaired) electrons. The van der Waals surface area contributed by atoms with E-state index < -0.39 is 16.0 Å². The zero-order valence-corrected chi connectivity index (χ0v) is 12.6. The van der Waals surface area contributed by atoms with E-state index in [4.69, 9.17) is 4.74 Å². The van der Waals surface area contributed by atoms with Crippen molar-refractivity contribution in [2.24, 2.45) is 0 Å². The zero-order valence-electron chi connectivity index (χ0n) is 11.8. The van der Waals surface area contributed by atoms with E-state index >= 15 is 0 Å². The third-order valence-corrected chi connectivity index (χ3v) is 4.86. The molecule has 0 bridgehead atoms. The summed E-state index contributed by atoms with van der Waals surface area (Å²) in [5.74, 6) is -0.508. The van der Waals surface area contributed by atoms with Gasteiger partial charge < -0.3 is 14.8 Å². The van der Waals surface area contributed by atoms with Crippen molar-refractivity contribution in [2.45, 2.75) is 17.0 Å². The third kappa shape index (κ3) is 3.59. The summed E-state index contributed by atoms with van der Waals surface area (Å²) in [5, 5.41) is 3.07. The first-order valence-corrected chi connectivity index (χ1v) is 7.90. The monoisotopic (exact) mass is 314 g/mol. The van der Waals surface area contributed by atoms with Crippen molar-refractivity contribution >= 4 is 16.0 Å². The number of sulfonamides is 1. The van der Waals surface area contributed by atoms with Crippen molar-refractivity contribution in [3.05, 3.63) is 29.8 Å². The van der Waals surface area contributed by atoms with Crippen LogP contribution in [0, 0.1) is 0 Å². The van der Waals surface area contributed by atoms with Gasteiger partial charge in [-0.2, -0.15) is 0 Å². The first kappa shape index (κ1) is 15.9. The summed E-state index contributed by atoms with van der Waals surface area (Å²) in [6, 6.07) is 5.26. The molecule has 1 aliphatic rings. The van der Waals surface area contributed by atoms with Gasteiger partial charge in [0.25, 0.3) is 0 Å². The van der Waals surface area contributed by atoms with Gasteiger partial charge in [0.2, 0.25) is 10.0 Å². The summed E-state index contributed by atoms with van der Waals surface area (Å²) in [7, 11) is -0.842. The lowest BCUT2D eigenvalue weighted by atomic mass is 10.2. The Balaban J connectivity index is 2.14. The van der Waals surface area contributed by atoms with Gasteiger partial charge >= 0.3 is 5.97 Å². The number of benzene rings is 1. The van der Waals surface area contributed by atoms with E-state index in [0.717, 1.165) is 0 Å². The smallest absolute Gasteiger partial charge is 0.337 e. The minimum absolute atomic E-state index is 0.0944. The van der Waals surface area contributed by atoms with Gasteiger partial charge in [0.15, 0.2) is 0 Å². The highest BCUT2D eigenvalue weighted by Gasteiger charge is 2.31. The number of hydrogen-bond donors (Lipinski definition) is 2. The van der Waals surface area contributed by atoms with Crippen LogP contribution in [0.1, 0.15) is 10.4 Å². The van der Waals surface area contributed by atoms with Gasteiger partial charge in [-0.1, -0.05) is 0 Å². The second-order valence-electron chi connectivity index (χ2n) is 4.68. The Morgan fingerprint density at radius 1 is 1.24 bits per heavy atom. The van der Waals surface area contributed by atoms with Crippen LogP contribution in [0.5, 0.6) is 0 Å². The molecular formula is C13H18N2O5S. The fraction of sp³-hybridized carbons (Fsp3) is 0.462. The lowest BCUT2D eigenvalue weighted by molar-refractivity contribution is 0.0600. The van der Waals surface area contributed by atoms with E-state index in [0.29, 0.717) is 18.7 Å². The first-order chi connectivity index (χ1) is 9.97. The van der Waals surface area contributed by atoms with E-state index in [1.54, 1.807) is 7.11 Å². The Hall–Kier alpha value is -1.48. The Morgan fingerprint density at radius 2 is 1.90 bits per heavy atom. The molecule has 1 unspecified atom stereocenters. The number of carbonyl (C=O) groups excluding carboxylic acids is 1. The van der Waals surface area contributed by atoms with Crippen LogP contribution in [0.15, 0.2) is 29.2 Å². The summed E-state index contributed by atoms with van der Waals surface area (Å²) >= 11 is 0. The fourth-order valence-corrected chi connectivity index (χ4v) is 3.44. The molecule has 8 heteroatoms. The fourth-order valence-electron chi connectivity index (χ4n) is 2.18. The maximum atomic E-state index is 12.3. The molecule has 2 atom stereocenters. The second-order valence-corrected chi connectivity index (χ2v) is 6.39. The normalized spacial score (nSPS) is 22.2. The molecule has 0 spiro atoms. The van der Waals surface area contributed by atoms with Gasteiger partial charge in [0, 0.05) is 20.2 Å². The lowest BCUT2D eigenvalue weighted by Crippen LogP contribution is -2.43. The standard InChI is InChI=1S/C13H18N2O5S/c1-19-12-8-14-7-11(12)15-21(17,18)10-5-3-9(4-6-10)13(16)20-2/h3-6,11-12,14-15H,7-8H2,1-2H3/t11?,12-/m0/s1. The topological polar surface area (TPSA) is 93.7 Å². The van der Waals surface area contributed by atoms with Gasteiger partial charge in [0.1, 0.15) is 0 Å².